The van der Waals surface area contributed by atoms with E-state index in [1.165, 1.54) is 0 Å². The quantitative estimate of drug-likeness (QED) is 0.601. The minimum absolute atomic E-state index is 0.0240. The fourth-order valence-corrected chi connectivity index (χ4v) is 3.44. The lowest BCUT2D eigenvalue weighted by Gasteiger charge is -2.15. The molecule has 1 aliphatic rings. The molecule has 1 fully saturated rings. The number of benzene rings is 2. The molecule has 0 bridgehead atoms. The normalized spacial score (nSPS) is 13.2. The number of anilines is 3. The summed E-state index contributed by atoms with van der Waals surface area (Å²) >= 11 is 0. The largest absolute Gasteiger partial charge is 0.376 e. The molecule has 0 radical (unpaired) electrons. The van der Waals surface area contributed by atoms with Gasteiger partial charge in [0.25, 0.3) is 5.91 Å². The van der Waals surface area contributed by atoms with Gasteiger partial charge in [-0.05, 0) is 67.3 Å². The zero-order valence-electron chi connectivity index (χ0n) is 18.1. The third-order valence-electron chi connectivity index (χ3n) is 5.02. The van der Waals surface area contributed by atoms with Crippen molar-refractivity contribution < 1.29 is 14.4 Å². The van der Waals surface area contributed by atoms with E-state index in [0.29, 0.717) is 29.3 Å². The fourth-order valence-electron chi connectivity index (χ4n) is 3.44. The zero-order chi connectivity index (χ0) is 22.2. The maximum atomic E-state index is 12.4. The molecule has 3 rings (SSSR count). The third kappa shape index (κ3) is 6.84. The summed E-state index contributed by atoms with van der Waals surface area (Å²) < 4.78 is 0. The maximum absolute atomic E-state index is 12.4. The van der Waals surface area contributed by atoms with E-state index >= 15 is 0 Å². The van der Waals surface area contributed by atoms with E-state index < -0.39 is 0 Å². The first-order valence-electron chi connectivity index (χ1n) is 10.7. The van der Waals surface area contributed by atoms with Crippen LogP contribution < -0.4 is 16.0 Å². The molecule has 1 aliphatic heterocycles. The van der Waals surface area contributed by atoms with Gasteiger partial charge < -0.3 is 20.9 Å². The van der Waals surface area contributed by atoms with Gasteiger partial charge in [0, 0.05) is 42.1 Å². The predicted octanol–water partition coefficient (Wildman–Crippen LogP) is 3.96. The van der Waals surface area contributed by atoms with Gasteiger partial charge >= 0.3 is 0 Å². The van der Waals surface area contributed by atoms with E-state index in [4.69, 9.17) is 0 Å². The number of nitrogens with zero attached hydrogens (tertiary/aromatic N) is 1. The Balaban J connectivity index is 1.44. The van der Waals surface area contributed by atoms with E-state index in [9.17, 15) is 14.4 Å². The van der Waals surface area contributed by atoms with Crippen molar-refractivity contribution in [2.24, 2.45) is 5.92 Å². The Labute approximate surface area is 183 Å². The highest BCUT2D eigenvalue weighted by atomic mass is 16.2. The third-order valence-corrected chi connectivity index (χ3v) is 5.02. The Morgan fingerprint density at radius 3 is 1.87 bits per heavy atom. The topological polar surface area (TPSA) is 90.5 Å². The second kappa shape index (κ2) is 10.6. The maximum Gasteiger partial charge on any atom is 0.253 e. The van der Waals surface area contributed by atoms with E-state index in [-0.39, 0.29) is 24.3 Å². The molecule has 0 spiro atoms. The highest BCUT2D eigenvalue weighted by Gasteiger charge is 2.19. The van der Waals surface area contributed by atoms with Crippen molar-refractivity contribution in [3.05, 3.63) is 54.1 Å². The van der Waals surface area contributed by atoms with Crippen molar-refractivity contribution >= 4 is 34.8 Å². The SMILES string of the molecule is CC(C)CC(=O)Nc1ccc(NC(=O)CNc2ccc(C(=O)N3CCCC3)cc2)cc1. The fraction of sp³-hybridized carbons (Fsp3) is 0.375. The van der Waals surface area contributed by atoms with Crippen LogP contribution in [0.4, 0.5) is 17.1 Å². The van der Waals surface area contributed by atoms with Crippen molar-refractivity contribution in [3.63, 3.8) is 0 Å². The summed E-state index contributed by atoms with van der Waals surface area (Å²) in [6.07, 6.45) is 2.60. The number of amides is 3. The molecule has 0 aromatic heterocycles. The van der Waals surface area contributed by atoms with Crippen LogP contribution in [0.5, 0.6) is 0 Å². The highest BCUT2D eigenvalue weighted by Crippen LogP contribution is 2.16. The summed E-state index contributed by atoms with van der Waals surface area (Å²) in [5.74, 6) is 0.149. The Morgan fingerprint density at radius 2 is 1.32 bits per heavy atom. The molecule has 2 aromatic rings. The van der Waals surface area contributed by atoms with Crippen LogP contribution in [0, 0.1) is 5.92 Å². The van der Waals surface area contributed by atoms with Gasteiger partial charge in [-0.3, -0.25) is 14.4 Å². The first-order chi connectivity index (χ1) is 14.9. The molecule has 3 N–H and O–H groups in total. The summed E-state index contributed by atoms with van der Waals surface area (Å²) in [4.78, 5) is 38.3. The number of nitrogens with one attached hydrogen (secondary N) is 3. The molecular formula is C24H30N4O3. The van der Waals surface area contributed by atoms with Crippen molar-refractivity contribution in [2.45, 2.75) is 33.1 Å². The second-order valence-electron chi connectivity index (χ2n) is 8.20. The monoisotopic (exact) mass is 422 g/mol. The average Bonchev–Trinajstić information content (AvgIpc) is 3.28. The summed E-state index contributed by atoms with van der Waals surface area (Å²) in [7, 11) is 0. The Morgan fingerprint density at radius 1 is 0.806 bits per heavy atom. The van der Waals surface area contributed by atoms with Gasteiger partial charge in [0.1, 0.15) is 0 Å². The van der Waals surface area contributed by atoms with Gasteiger partial charge in [-0.25, -0.2) is 0 Å². The molecule has 3 amide bonds. The summed E-state index contributed by atoms with van der Waals surface area (Å²) in [5, 5.41) is 8.72. The van der Waals surface area contributed by atoms with Crippen LogP contribution in [0.25, 0.3) is 0 Å². The molecule has 7 heteroatoms. The standard InChI is InChI=1S/C24H30N4O3/c1-17(2)15-22(29)26-20-9-11-21(12-10-20)27-23(30)16-25-19-7-5-18(6-8-19)24(31)28-13-3-4-14-28/h5-12,17,25H,3-4,13-16H2,1-2H3,(H,26,29)(H,27,30). The van der Waals surface area contributed by atoms with Crippen molar-refractivity contribution in [1.82, 2.24) is 4.90 Å². The Hall–Kier alpha value is -3.35. The van der Waals surface area contributed by atoms with Crippen molar-refractivity contribution in [2.75, 3.05) is 35.6 Å². The van der Waals surface area contributed by atoms with Crippen LogP contribution >= 0.6 is 0 Å². The number of rotatable bonds is 8. The molecule has 31 heavy (non-hydrogen) atoms. The minimum atomic E-state index is -0.186. The minimum Gasteiger partial charge on any atom is -0.376 e. The molecule has 164 valence electrons. The molecular weight excluding hydrogens is 392 g/mol. The van der Waals surface area contributed by atoms with Gasteiger partial charge in [-0.15, -0.1) is 0 Å². The van der Waals surface area contributed by atoms with Gasteiger partial charge in [-0.2, -0.15) is 0 Å². The molecule has 0 unspecified atom stereocenters. The summed E-state index contributed by atoms with van der Waals surface area (Å²) in [6, 6.07) is 14.2. The van der Waals surface area contributed by atoms with E-state index in [0.717, 1.165) is 31.6 Å². The molecule has 7 nitrogen and oxygen atoms in total. The van der Waals surface area contributed by atoms with Gasteiger partial charge in [0.2, 0.25) is 11.8 Å². The summed E-state index contributed by atoms with van der Waals surface area (Å²) in [5.41, 5.74) is 2.79. The van der Waals surface area contributed by atoms with Crippen molar-refractivity contribution in [3.8, 4) is 0 Å². The van der Waals surface area contributed by atoms with Crippen molar-refractivity contribution in [1.29, 1.82) is 0 Å². The first-order valence-corrected chi connectivity index (χ1v) is 10.7. The lowest BCUT2D eigenvalue weighted by atomic mass is 10.1. The second-order valence-corrected chi connectivity index (χ2v) is 8.20. The van der Waals surface area contributed by atoms with Gasteiger partial charge in [-0.1, -0.05) is 13.8 Å². The molecule has 2 aromatic carbocycles. The Bertz CT molecular complexity index is 901. The van der Waals surface area contributed by atoms with Crippen LogP contribution in [-0.2, 0) is 9.59 Å². The molecule has 0 aliphatic carbocycles. The lowest BCUT2D eigenvalue weighted by molar-refractivity contribution is -0.117. The van der Waals surface area contributed by atoms with Crippen LogP contribution in [0.3, 0.4) is 0 Å². The Kier molecular flexibility index (Phi) is 7.65. The number of carbonyl (C=O) groups excluding carboxylic acids is 3. The van der Waals surface area contributed by atoms with Gasteiger partial charge in [0.05, 0.1) is 6.54 Å². The van der Waals surface area contributed by atoms with Gasteiger partial charge in [0.15, 0.2) is 0 Å². The average molecular weight is 423 g/mol. The first kappa shape index (κ1) is 22.3. The van der Waals surface area contributed by atoms with Crippen LogP contribution in [-0.4, -0.2) is 42.3 Å². The number of hydrogen-bond donors (Lipinski definition) is 3. The van der Waals surface area contributed by atoms with E-state index in [2.05, 4.69) is 16.0 Å². The number of hydrogen-bond acceptors (Lipinski definition) is 4. The highest BCUT2D eigenvalue weighted by molar-refractivity contribution is 5.96. The van der Waals surface area contributed by atoms with E-state index in [1.54, 1.807) is 36.4 Å². The van der Waals surface area contributed by atoms with E-state index in [1.807, 2.05) is 30.9 Å². The zero-order valence-corrected chi connectivity index (χ0v) is 18.1. The summed E-state index contributed by atoms with van der Waals surface area (Å²) in [6.45, 7) is 5.74. The van der Waals surface area contributed by atoms with Crippen LogP contribution in [0.15, 0.2) is 48.5 Å². The molecule has 1 saturated heterocycles. The molecule has 1 heterocycles. The van der Waals surface area contributed by atoms with Crippen LogP contribution in [0.1, 0.15) is 43.5 Å². The van der Waals surface area contributed by atoms with Crippen LogP contribution in [0.2, 0.25) is 0 Å². The number of likely N-dealkylation sites (tertiary alicyclic amines) is 1. The molecule has 0 saturated carbocycles. The molecule has 0 atom stereocenters. The lowest BCUT2D eigenvalue weighted by Crippen LogP contribution is -2.27. The smallest absolute Gasteiger partial charge is 0.253 e. The predicted molar refractivity (Wildman–Crippen MR) is 123 cm³/mol. The number of carbonyl (C=O) groups is 3.